The summed E-state index contributed by atoms with van der Waals surface area (Å²) < 4.78 is 6.95. The molecule has 106 valence electrons. The van der Waals surface area contributed by atoms with E-state index in [2.05, 4.69) is 50.2 Å². The Balaban J connectivity index is 2.23. The second-order valence-corrected chi connectivity index (χ2v) is 5.76. The first kappa shape index (κ1) is 14.9. The van der Waals surface area contributed by atoms with E-state index in [-0.39, 0.29) is 12.1 Å². The summed E-state index contributed by atoms with van der Waals surface area (Å²) in [6.45, 7) is 5.94. The minimum absolute atomic E-state index is 0.166. The van der Waals surface area contributed by atoms with Gasteiger partial charge in [0.15, 0.2) is 0 Å². The van der Waals surface area contributed by atoms with Gasteiger partial charge in [0.1, 0.15) is 0 Å². The Labute approximate surface area is 123 Å². The van der Waals surface area contributed by atoms with Crippen molar-refractivity contribution in [3.63, 3.8) is 0 Å². The highest BCUT2D eigenvalue weighted by Gasteiger charge is 2.33. The number of likely N-dealkylation sites (N-methyl/N-ethyl adjacent to an activating group) is 1. The Morgan fingerprint density at radius 1 is 1.53 bits per heavy atom. The summed E-state index contributed by atoms with van der Waals surface area (Å²) in [6.07, 6.45) is 3.18. The van der Waals surface area contributed by atoms with E-state index in [9.17, 15) is 0 Å². The fourth-order valence-electron chi connectivity index (χ4n) is 2.64. The molecule has 0 aliphatic carbocycles. The van der Waals surface area contributed by atoms with E-state index in [4.69, 9.17) is 4.74 Å². The normalized spacial score (nSPS) is 24.6. The maximum absolute atomic E-state index is 5.94. The highest BCUT2D eigenvalue weighted by Crippen LogP contribution is 2.28. The topological polar surface area (TPSA) is 37.4 Å². The summed E-state index contributed by atoms with van der Waals surface area (Å²) in [7, 11) is 1.97. The zero-order valence-electron chi connectivity index (χ0n) is 11.6. The molecule has 0 aromatic carbocycles. The summed E-state index contributed by atoms with van der Waals surface area (Å²) in [5, 5.41) is 3.22. The molecule has 1 aliphatic heterocycles. The largest absolute Gasteiger partial charge is 0.374 e. The maximum Gasteiger partial charge on any atom is 0.0911 e. The van der Waals surface area contributed by atoms with Crippen LogP contribution < -0.4 is 5.32 Å². The van der Waals surface area contributed by atoms with Gasteiger partial charge >= 0.3 is 0 Å². The van der Waals surface area contributed by atoms with Crippen LogP contribution >= 0.6 is 15.9 Å². The second-order valence-electron chi connectivity index (χ2n) is 4.85. The van der Waals surface area contributed by atoms with Crippen LogP contribution in [0.3, 0.4) is 0 Å². The highest BCUT2D eigenvalue weighted by atomic mass is 79.9. The number of aromatic nitrogens is 1. The van der Waals surface area contributed by atoms with Crippen LogP contribution in [0.2, 0.25) is 0 Å². The van der Waals surface area contributed by atoms with Gasteiger partial charge in [-0.05, 0) is 48.1 Å². The molecule has 1 aliphatic rings. The SMILES string of the molecule is CCCN1CCOC(CNC)C1c1ccc(Br)cn1. The van der Waals surface area contributed by atoms with Crippen LogP contribution in [-0.2, 0) is 4.74 Å². The minimum atomic E-state index is 0.166. The Morgan fingerprint density at radius 2 is 2.37 bits per heavy atom. The molecule has 4 nitrogen and oxygen atoms in total. The van der Waals surface area contributed by atoms with Crippen LogP contribution in [0, 0.1) is 0 Å². The Morgan fingerprint density at radius 3 is 3.00 bits per heavy atom. The van der Waals surface area contributed by atoms with Crippen LogP contribution in [0.5, 0.6) is 0 Å². The van der Waals surface area contributed by atoms with Crippen molar-refractivity contribution in [3.05, 3.63) is 28.5 Å². The number of hydrogen-bond acceptors (Lipinski definition) is 4. The van der Waals surface area contributed by atoms with Gasteiger partial charge in [-0.25, -0.2) is 0 Å². The molecule has 1 aromatic heterocycles. The molecule has 1 fully saturated rings. The fourth-order valence-corrected chi connectivity index (χ4v) is 2.87. The highest BCUT2D eigenvalue weighted by molar-refractivity contribution is 9.10. The van der Waals surface area contributed by atoms with Gasteiger partial charge < -0.3 is 10.1 Å². The molecule has 1 aromatic rings. The summed E-state index contributed by atoms with van der Waals surface area (Å²) in [5.74, 6) is 0. The molecular weight excluding hydrogens is 306 g/mol. The summed E-state index contributed by atoms with van der Waals surface area (Å²) in [6, 6.07) is 4.39. The Kier molecular flexibility index (Phi) is 5.76. The van der Waals surface area contributed by atoms with Crippen LogP contribution in [-0.4, -0.2) is 49.3 Å². The number of nitrogens with one attached hydrogen (secondary N) is 1. The van der Waals surface area contributed by atoms with Gasteiger partial charge in [0.2, 0.25) is 0 Å². The number of ether oxygens (including phenoxy) is 1. The predicted molar refractivity (Wildman–Crippen MR) is 80.2 cm³/mol. The van der Waals surface area contributed by atoms with E-state index < -0.39 is 0 Å². The zero-order valence-corrected chi connectivity index (χ0v) is 13.2. The minimum Gasteiger partial charge on any atom is -0.374 e. The molecule has 2 unspecified atom stereocenters. The van der Waals surface area contributed by atoms with Crippen LogP contribution in [0.1, 0.15) is 25.1 Å². The molecule has 0 amide bonds. The standard InChI is InChI=1S/C14H22BrN3O/c1-3-6-18-7-8-19-13(10-16-2)14(18)12-5-4-11(15)9-17-12/h4-5,9,13-14,16H,3,6-8,10H2,1-2H3. The first-order chi connectivity index (χ1) is 9.26. The first-order valence-electron chi connectivity index (χ1n) is 6.88. The predicted octanol–water partition coefficient (Wildman–Crippen LogP) is 2.22. The van der Waals surface area contributed by atoms with Crippen LogP contribution in [0.25, 0.3) is 0 Å². The summed E-state index contributed by atoms with van der Waals surface area (Å²) in [5.41, 5.74) is 1.09. The van der Waals surface area contributed by atoms with Gasteiger partial charge in [-0.1, -0.05) is 6.92 Å². The van der Waals surface area contributed by atoms with E-state index in [1.165, 1.54) is 0 Å². The molecule has 1 saturated heterocycles. The lowest BCUT2D eigenvalue weighted by Gasteiger charge is -2.40. The lowest BCUT2D eigenvalue weighted by atomic mass is 10.0. The molecule has 2 heterocycles. The van der Waals surface area contributed by atoms with Crippen molar-refractivity contribution in [3.8, 4) is 0 Å². The Bertz CT molecular complexity index is 367. The van der Waals surface area contributed by atoms with Gasteiger partial charge in [-0.3, -0.25) is 9.88 Å². The van der Waals surface area contributed by atoms with Crippen LogP contribution in [0.15, 0.2) is 22.8 Å². The number of nitrogens with zero attached hydrogens (tertiary/aromatic N) is 2. The molecule has 0 radical (unpaired) electrons. The molecular formula is C14H22BrN3O. The van der Waals surface area contributed by atoms with Gasteiger partial charge in [0.05, 0.1) is 24.4 Å². The number of morpholine rings is 1. The third kappa shape index (κ3) is 3.75. The number of rotatable bonds is 5. The van der Waals surface area contributed by atoms with Gasteiger partial charge in [0.25, 0.3) is 0 Å². The second kappa shape index (κ2) is 7.33. The van der Waals surface area contributed by atoms with Gasteiger partial charge in [0, 0.05) is 23.8 Å². The molecule has 1 N–H and O–H groups in total. The molecule has 19 heavy (non-hydrogen) atoms. The monoisotopic (exact) mass is 327 g/mol. The smallest absolute Gasteiger partial charge is 0.0911 e. The number of pyridine rings is 1. The van der Waals surface area contributed by atoms with Crippen molar-refractivity contribution in [2.45, 2.75) is 25.5 Å². The lowest BCUT2D eigenvalue weighted by molar-refractivity contribution is -0.0717. The third-order valence-corrected chi connectivity index (χ3v) is 3.89. The molecule has 5 heteroatoms. The Hall–Kier alpha value is -0.490. The quantitative estimate of drug-likeness (QED) is 0.899. The number of halogens is 1. The van der Waals surface area contributed by atoms with E-state index >= 15 is 0 Å². The van der Waals surface area contributed by atoms with Crippen molar-refractivity contribution in [2.24, 2.45) is 0 Å². The average molecular weight is 328 g/mol. The van der Waals surface area contributed by atoms with Crippen molar-refractivity contribution < 1.29 is 4.74 Å². The maximum atomic E-state index is 5.94. The average Bonchev–Trinajstić information content (AvgIpc) is 2.41. The molecule has 2 atom stereocenters. The van der Waals surface area contributed by atoms with Gasteiger partial charge in [-0.2, -0.15) is 0 Å². The van der Waals surface area contributed by atoms with Crippen LogP contribution in [0.4, 0.5) is 0 Å². The lowest BCUT2D eigenvalue weighted by Crippen LogP contribution is -2.49. The van der Waals surface area contributed by atoms with Gasteiger partial charge in [-0.15, -0.1) is 0 Å². The van der Waals surface area contributed by atoms with Crippen molar-refractivity contribution in [1.82, 2.24) is 15.2 Å². The number of hydrogen-bond donors (Lipinski definition) is 1. The third-order valence-electron chi connectivity index (χ3n) is 3.43. The summed E-state index contributed by atoms with van der Waals surface area (Å²) >= 11 is 3.44. The van der Waals surface area contributed by atoms with E-state index in [1.54, 1.807) is 0 Å². The van der Waals surface area contributed by atoms with E-state index in [0.717, 1.165) is 42.8 Å². The van der Waals surface area contributed by atoms with Crippen molar-refractivity contribution in [1.29, 1.82) is 0 Å². The molecule has 0 saturated carbocycles. The molecule has 0 bridgehead atoms. The zero-order chi connectivity index (χ0) is 13.7. The fraction of sp³-hybridized carbons (Fsp3) is 0.643. The summed E-state index contributed by atoms with van der Waals surface area (Å²) in [4.78, 5) is 7.06. The van der Waals surface area contributed by atoms with E-state index in [0.29, 0.717) is 0 Å². The van der Waals surface area contributed by atoms with Crippen molar-refractivity contribution >= 4 is 15.9 Å². The first-order valence-corrected chi connectivity index (χ1v) is 7.67. The van der Waals surface area contributed by atoms with E-state index in [1.807, 2.05) is 13.2 Å². The van der Waals surface area contributed by atoms with Crippen molar-refractivity contribution in [2.75, 3.05) is 33.3 Å². The molecule has 0 spiro atoms. The molecule has 2 rings (SSSR count).